The molecule has 0 unspecified atom stereocenters. The molecule has 0 bridgehead atoms. The van der Waals surface area contributed by atoms with Gasteiger partial charge in [-0.25, -0.2) is 4.52 Å². The highest BCUT2D eigenvalue weighted by molar-refractivity contribution is 5.96. The SMILES string of the molecule is Cc1ccc([C@@H](C)NC(=O)c2nn3c(C)c(-c4ccc5ccccc5c4)[nH]c(=O)c3c2C)cc1. The van der Waals surface area contributed by atoms with Crippen molar-refractivity contribution in [2.24, 2.45) is 0 Å². The molecule has 2 heterocycles. The van der Waals surface area contributed by atoms with E-state index in [4.69, 9.17) is 0 Å². The predicted octanol–water partition coefficient (Wildman–Crippen LogP) is 5.26. The first-order chi connectivity index (χ1) is 16.3. The van der Waals surface area contributed by atoms with Crippen LogP contribution in [0.5, 0.6) is 0 Å². The molecule has 0 fully saturated rings. The van der Waals surface area contributed by atoms with Gasteiger partial charge in [-0.3, -0.25) is 9.59 Å². The van der Waals surface area contributed by atoms with Gasteiger partial charge in [-0.1, -0.05) is 66.2 Å². The number of aromatic amines is 1. The number of carbonyl (C=O) groups is 1. The Morgan fingerprint density at radius 3 is 2.41 bits per heavy atom. The molecule has 34 heavy (non-hydrogen) atoms. The molecule has 1 amide bonds. The normalized spacial score (nSPS) is 12.2. The molecular weight excluding hydrogens is 424 g/mol. The van der Waals surface area contributed by atoms with Crippen molar-refractivity contribution < 1.29 is 4.79 Å². The van der Waals surface area contributed by atoms with Crippen molar-refractivity contribution in [3.8, 4) is 11.3 Å². The van der Waals surface area contributed by atoms with E-state index in [0.29, 0.717) is 16.8 Å². The largest absolute Gasteiger partial charge is 0.344 e. The fraction of sp³-hybridized carbons (Fsp3) is 0.179. The molecule has 0 saturated heterocycles. The molecule has 0 saturated carbocycles. The minimum absolute atomic E-state index is 0.190. The van der Waals surface area contributed by atoms with E-state index in [-0.39, 0.29) is 23.2 Å². The summed E-state index contributed by atoms with van der Waals surface area (Å²) in [6, 6.07) is 22.0. The summed E-state index contributed by atoms with van der Waals surface area (Å²) in [4.78, 5) is 29.2. The van der Waals surface area contributed by atoms with Gasteiger partial charge < -0.3 is 10.3 Å². The van der Waals surface area contributed by atoms with Crippen molar-refractivity contribution in [2.45, 2.75) is 33.7 Å². The van der Waals surface area contributed by atoms with Gasteiger partial charge in [0.05, 0.1) is 17.4 Å². The third-order valence-corrected chi connectivity index (χ3v) is 6.43. The Kier molecular flexibility index (Phi) is 5.28. The number of aryl methyl sites for hydroxylation is 3. The lowest BCUT2D eigenvalue weighted by Crippen LogP contribution is -2.27. The van der Waals surface area contributed by atoms with Crippen molar-refractivity contribution in [3.05, 3.63) is 105 Å². The summed E-state index contributed by atoms with van der Waals surface area (Å²) < 4.78 is 1.59. The highest BCUT2D eigenvalue weighted by Gasteiger charge is 2.22. The molecule has 0 aliphatic heterocycles. The molecular formula is C28H26N4O2. The van der Waals surface area contributed by atoms with Gasteiger partial charge in [0.15, 0.2) is 5.69 Å². The van der Waals surface area contributed by atoms with Crippen LogP contribution in [0.4, 0.5) is 0 Å². The smallest absolute Gasteiger partial charge is 0.274 e. The highest BCUT2D eigenvalue weighted by Crippen LogP contribution is 2.26. The first kappa shape index (κ1) is 21.6. The standard InChI is InChI=1S/C28H26N4O2/c1-16-9-11-20(12-10-16)18(3)29-27(33)24-17(2)26-28(34)30-25(19(4)32(26)31-24)23-14-13-21-7-5-6-8-22(21)15-23/h5-15,18H,1-4H3,(H,29,33)(H,30,34)/t18-/m1/s1. The maximum Gasteiger partial charge on any atom is 0.274 e. The number of amides is 1. The van der Waals surface area contributed by atoms with E-state index in [9.17, 15) is 9.59 Å². The van der Waals surface area contributed by atoms with E-state index in [1.54, 1.807) is 11.4 Å². The molecule has 5 rings (SSSR count). The number of fused-ring (bicyclic) bond motifs is 2. The molecule has 5 aromatic rings. The van der Waals surface area contributed by atoms with Crippen LogP contribution in [0.25, 0.3) is 27.5 Å². The molecule has 0 aliphatic rings. The van der Waals surface area contributed by atoms with E-state index < -0.39 is 0 Å². The quantitative estimate of drug-likeness (QED) is 0.392. The Morgan fingerprint density at radius 2 is 1.68 bits per heavy atom. The first-order valence-corrected chi connectivity index (χ1v) is 11.3. The van der Waals surface area contributed by atoms with E-state index in [1.165, 1.54) is 0 Å². The fourth-order valence-corrected chi connectivity index (χ4v) is 4.42. The Morgan fingerprint density at radius 1 is 0.971 bits per heavy atom. The number of carbonyl (C=O) groups excluding carboxylic acids is 1. The lowest BCUT2D eigenvalue weighted by atomic mass is 10.0. The second kappa shape index (κ2) is 8.30. The summed E-state index contributed by atoms with van der Waals surface area (Å²) in [5.74, 6) is -0.305. The van der Waals surface area contributed by atoms with Gasteiger partial charge in [-0.05, 0) is 50.1 Å². The molecule has 6 nitrogen and oxygen atoms in total. The summed E-state index contributed by atoms with van der Waals surface area (Å²) in [6.45, 7) is 7.62. The minimum Gasteiger partial charge on any atom is -0.344 e. The van der Waals surface area contributed by atoms with Crippen LogP contribution in [0, 0.1) is 20.8 Å². The van der Waals surface area contributed by atoms with Crippen molar-refractivity contribution >= 4 is 22.2 Å². The summed E-state index contributed by atoms with van der Waals surface area (Å²) in [7, 11) is 0. The Bertz CT molecular complexity index is 1610. The zero-order valence-corrected chi connectivity index (χ0v) is 19.6. The minimum atomic E-state index is -0.305. The molecule has 3 aromatic carbocycles. The van der Waals surface area contributed by atoms with Gasteiger partial charge in [0, 0.05) is 11.1 Å². The van der Waals surface area contributed by atoms with Crippen LogP contribution >= 0.6 is 0 Å². The third kappa shape index (κ3) is 3.67. The topological polar surface area (TPSA) is 79.3 Å². The molecule has 170 valence electrons. The van der Waals surface area contributed by atoms with Crippen LogP contribution < -0.4 is 10.9 Å². The first-order valence-electron chi connectivity index (χ1n) is 11.3. The molecule has 0 aliphatic carbocycles. The van der Waals surface area contributed by atoms with Crippen LogP contribution in [0.15, 0.2) is 71.5 Å². The fourth-order valence-electron chi connectivity index (χ4n) is 4.42. The van der Waals surface area contributed by atoms with E-state index >= 15 is 0 Å². The summed E-state index contributed by atoms with van der Waals surface area (Å²) in [5.41, 5.74) is 5.43. The number of nitrogens with zero attached hydrogens (tertiary/aromatic N) is 2. The lowest BCUT2D eigenvalue weighted by Gasteiger charge is -2.14. The van der Waals surface area contributed by atoms with Gasteiger partial charge in [-0.15, -0.1) is 0 Å². The second-order valence-corrected chi connectivity index (χ2v) is 8.82. The number of H-pyrrole nitrogens is 1. The molecule has 2 N–H and O–H groups in total. The Balaban J connectivity index is 1.55. The van der Waals surface area contributed by atoms with Crippen molar-refractivity contribution in [2.75, 3.05) is 0 Å². The zero-order chi connectivity index (χ0) is 24.0. The van der Waals surface area contributed by atoms with E-state index in [2.05, 4.69) is 21.5 Å². The van der Waals surface area contributed by atoms with Crippen LogP contribution in [-0.4, -0.2) is 20.5 Å². The maximum atomic E-state index is 13.1. The van der Waals surface area contributed by atoms with Crippen LogP contribution in [0.2, 0.25) is 0 Å². The molecule has 1 atom stereocenters. The molecule has 6 heteroatoms. The maximum absolute atomic E-state index is 13.1. The van der Waals surface area contributed by atoms with Gasteiger partial charge in [0.1, 0.15) is 5.52 Å². The molecule has 0 radical (unpaired) electrons. The van der Waals surface area contributed by atoms with Crippen LogP contribution in [-0.2, 0) is 0 Å². The Labute approximate surface area is 197 Å². The molecule has 2 aromatic heterocycles. The summed E-state index contributed by atoms with van der Waals surface area (Å²) in [6.07, 6.45) is 0. The zero-order valence-electron chi connectivity index (χ0n) is 19.6. The third-order valence-electron chi connectivity index (χ3n) is 6.43. The van der Waals surface area contributed by atoms with Gasteiger partial charge >= 0.3 is 0 Å². The Hall–Kier alpha value is -4.19. The number of rotatable bonds is 4. The second-order valence-electron chi connectivity index (χ2n) is 8.82. The van der Waals surface area contributed by atoms with Crippen LogP contribution in [0.3, 0.4) is 0 Å². The van der Waals surface area contributed by atoms with Gasteiger partial charge in [0.25, 0.3) is 11.5 Å². The van der Waals surface area contributed by atoms with E-state index in [0.717, 1.165) is 33.2 Å². The van der Waals surface area contributed by atoms with E-state index in [1.807, 2.05) is 81.4 Å². The summed E-state index contributed by atoms with van der Waals surface area (Å²) >= 11 is 0. The number of aromatic nitrogens is 3. The van der Waals surface area contributed by atoms with Crippen molar-refractivity contribution in [1.82, 2.24) is 19.9 Å². The number of benzene rings is 3. The number of hydrogen-bond donors (Lipinski definition) is 2. The average Bonchev–Trinajstić information content (AvgIpc) is 3.19. The predicted molar refractivity (Wildman–Crippen MR) is 135 cm³/mol. The van der Waals surface area contributed by atoms with Gasteiger partial charge in [-0.2, -0.15) is 5.10 Å². The van der Waals surface area contributed by atoms with Gasteiger partial charge in [0.2, 0.25) is 0 Å². The number of nitrogens with one attached hydrogen (secondary N) is 2. The summed E-state index contributed by atoms with van der Waals surface area (Å²) in [5, 5.41) is 9.79. The average molecular weight is 451 g/mol. The molecule has 0 spiro atoms. The lowest BCUT2D eigenvalue weighted by molar-refractivity contribution is 0.0934. The highest BCUT2D eigenvalue weighted by atomic mass is 16.2. The van der Waals surface area contributed by atoms with Crippen molar-refractivity contribution in [1.29, 1.82) is 0 Å². The van der Waals surface area contributed by atoms with Crippen molar-refractivity contribution in [3.63, 3.8) is 0 Å². The monoisotopic (exact) mass is 450 g/mol. The number of hydrogen-bond acceptors (Lipinski definition) is 3. The van der Waals surface area contributed by atoms with Crippen LogP contribution in [0.1, 0.15) is 45.8 Å².